The molecule has 1 aromatic heterocycles. The quantitative estimate of drug-likeness (QED) is 0.625. The summed E-state index contributed by atoms with van der Waals surface area (Å²) in [6.45, 7) is 2.63. The molecule has 1 unspecified atom stereocenters. The Morgan fingerprint density at radius 1 is 1.29 bits per heavy atom. The van der Waals surface area contributed by atoms with Gasteiger partial charge in [0.2, 0.25) is 0 Å². The van der Waals surface area contributed by atoms with Crippen LogP contribution in [0.2, 0.25) is 0 Å². The van der Waals surface area contributed by atoms with E-state index in [2.05, 4.69) is 61.2 Å². The molecule has 0 saturated carbocycles. The van der Waals surface area contributed by atoms with Crippen LogP contribution in [0.1, 0.15) is 24.0 Å². The van der Waals surface area contributed by atoms with E-state index in [9.17, 15) is 0 Å². The van der Waals surface area contributed by atoms with Crippen molar-refractivity contribution in [1.82, 2.24) is 20.2 Å². The lowest BCUT2D eigenvalue weighted by Gasteiger charge is -2.15. The third-order valence-electron chi connectivity index (χ3n) is 4.15. The maximum atomic E-state index is 4.31. The van der Waals surface area contributed by atoms with Gasteiger partial charge in [-0.1, -0.05) is 24.3 Å². The molecular weight excluding hydrogens is 318 g/mol. The van der Waals surface area contributed by atoms with E-state index >= 15 is 0 Å². The number of guanidine groups is 1. The van der Waals surface area contributed by atoms with Crippen LogP contribution in [0.15, 0.2) is 48.0 Å². The summed E-state index contributed by atoms with van der Waals surface area (Å²) in [5, 5.41) is 7.55. The van der Waals surface area contributed by atoms with Crippen molar-refractivity contribution in [3.8, 4) is 0 Å². The van der Waals surface area contributed by atoms with E-state index in [-0.39, 0.29) is 0 Å². The predicted molar refractivity (Wildman–Crippen MR) is 101 cm³/mol. The first-order valence-corrected chi connectivity index (χ1v) is 9.48. The molecule has 24 heavy (non-hydrogen) atoms. The van der Waals surface area contributed by atoms with Crippen LogP contribution in [0.25, 0.3) is 0 Å². The summed E-state index contributed by atoms with van der Waals surface area (Å²) >= 11 is 2.06. The highest BCUT2D eigenvalue weighted by molar-refractivity contribution is 8.00. The van der Waals surface area contributed by atoms with Crippen LogP contribution >= 0.6 is 11.8 Å². The van der Waals surface area contributed by atoms with Crippen LogP contribution in [0, 0.1) is 0 Å². The van der Waals surface area contributed by atoms with Crippen LogP contribution in [-0.2, 0) is 13.1 Å². The van der Waals surface area contributed by atoms with Crippen LogP contribution in [0.5, 0.6) is 0 Å². The summed E-state index contributed by atoms with van der Waals surface area (Å²) in [6, 6.07) is 8.67. The Labute approximate surface area is 148 Å². The number of aliphatic imine (C=N–C) groups is 1. The van der Waals surface area contributed by atoms with Gasteiger partial charge in [0.25, 0.3) is 0 Å². The molecule has 1 aromatic carbocycles. The summed E-state index contributed by atoms with van der Waals surface area (Å²) in [4.78, 5) is 8.38. The molecule has 2 N–H and O–H groups in total. The van der Waals surface area contributed by atoms with E-state index < -0.39 is 0 Å². The fraction of sp³-hybridized carbons (Fsp3) is 0.444. The Bertz CT molecular complexity index is 630. The molecule has 5 nitrogen and oxygen atoms in total. The van der Waals surface area contributed by atoms with Crippen molar-refractivity contribution in [1.29, 1.82) is 0 Å². The Morgan fingerprint density at radius 2 is 2.12 bits per heavy atom. The monoisotopic (exact) mass is 343 g/mol. The topological polar surface area (TPSA) is 54.2 Å². The summed E-state index contributed by atoms with van der Waals surface area (Å²) < 4.78 is 2.07. The molecule has 0 spiro atoms. The molecule has 1 fully saturated rings. The molecule has 2 aromatic rings. The second-order valence-corrected chi connectivity index (χ2v) is 7.40. The van der Waals surface area contributed by atoms with Crippen molar-refractivity contribution in [2.45, 2.75) is 31.2 Å². The van der Waals surface area contributed by atoms with Gasteiger partial charge < -0.3 is 15.2 Å². The minimum Gasteiger partial charge on any atom is -0.355 e. The van der Waals surface area contributed by atoms with Gasteiger partial charge >= 0.3 is 0 Å². The molecule has 0 aliphatic carbocycles. The van der Waals surface area contributed by atoms with Gasteiger partial charge in [-0.25, -0.2) is 4.98 Å². The zero-order valence-corrected chi connectivity index (χ0v) is 14.9. The standard InChI is InChI=1S/C18H25N5S/c1-19-18(22-12-17-3-2-10-24-17)21-11-15-4-6-16(7-5-15)13-23-9-8-20-14-23/h4-9,14,17H,2-3,10-13H2,1H3,(H2,19,21,22). The fourth-order valence-corrected chi connectivity index (χ4v) is 3.98. The van der Waals surface area contributed by atoms with Gasteiger partial charge in [-0.3, -0.25) is 4.99 Å². The molecule has 3 rings (SSSR count). The average molecular weight is 344 g/mol. The Morgan fingerprint density at radius 3 is 2.79 bits per heavy atom. The Hall–Kier alpha value is -1.95. The summed E-state index contributed by atoms with van der Waals surface area (Å²) in [5.74, 6) is 2.18. The number of aromatic nitrogens is 2. The highest BCUT2D eigenvalue weighted by atomic mass is 32.2. The number of rotatable bonds is 6. The number of thioether (sulfide) groups is 1. The Kier molecular flexibility index (Phi) is 6.18. The number of benzene rings is 1. The molecule has 6 heteroatoms. The van der Waals surface area contributed by atoms with Crippen LogP contribution in [-0.4, -0.2) is 40.1 Å². The maximum absolute atomic E-state index is 4.31. The van der Waals surface area contributed by atoms with Gasteiger partial charge in [-0.2, -0.15) is 11.8 Å². The van der Waals surface area contributed by atoms with E-state index in [0.29, 0.717) is 0 Å². The van der Waals surface area contributed by atoms with Crippen molar-refractivity contribution in [2.24, 2.45) is 4.99 Å². The van der Waals surface area contributed by atoms with Gasteiger partial charge in [0.15, 0.2) is 5.96 Å². The van der Waals surface area contributed by atoms with Crippen molar-refractivity contribution in [2.75, 3.05) is 19.3 Å². The Balaban J connectivity index is 1.44. The molecule has 1 atom stereocenters. The second-order valence-electron chi connectivity index (χ2n) is 5.99. The van der Waals surface area contributed by atoms with E-state index in [1.807, 2.05) is 19.6 Å². The molecule has 1 saturated heterocycles. The largest absolute Gasteiger partial charge is 0.355 e. The minimum atomic E-state index is 0.728. The van der Waals surface area contributed by atoms with Crippen molar-refractivity contribution in [3.05, 3.63) is 54.1 Å². The van der Waals surface area contributed by atoms with Crippen LogP contribution < -0.4 is 10.6 Å². The normalized spacial score (nSPS) is 17.9. The lowest BCUT2D eigenvalue weighted by molar-refractivity contribution is 0.726. The van der Waals surface area contributed by atoms with E-state index in [0.717, 1.165) is 30.8 Å². The smallest absolute Gasteiger partial charge is 0.191 e. The highest BCUT2D eigenvalue weighted by Gasteiger charge is 2.15. The maximum Gasteiger partial charge on any atom is 0.191 e. The van der Waals surface area contributed by atoms with E-state index in [1.165, 1.54) is 29.7 Å². The molecule has 0 radical (unpaired) electrons. The lowest BCUT2D eigenvalue weighted by atomic mass is 10.1. The first-order chi connectivity index (χ1) is 11.8. The first kappa shape index (κ1) is 16.9. The zero-order valence-electron chi connectivity index (χ0n) is 14.1. The number of imidazole rings is 1. The predicted octanol–water partition coefficient (Wildman–Crippen LogP) is 2.49. The highest BCUT2D eigenvalue weighted by Crippen LogP contribution is 2.25. The molecule has 0 amide bonds. The molecule has 128 valence electrons. The van der Waals surface area contributed by atoms with Crippen molar-refractivity contribution in [3.63, 3.8) is 0 Å². The molecule has 1 aliphatic rings. The SMILES string of the molecule is CN=C(NCc1ccc(Cn2ccnc2)cc1)NCC1CCCS1. The summed E-state index contributed by atoms with van der Waals surface area (Å²) in [5.41, 5.74) is 2.53. The second kappa shape index (κ2) is 8.78. The van der Waals surface area contributed by atoms with Crippen molar-refractivity contribution < 1.29 is 0 Å². The van der Waals surface area contributed by atoms with Gasteiger partial charge in [0.05, 0.1) is 6.33 Å². The van der Waals surface area contributed by atoms with Crippen LogP contribution in [0.4, 0.5) is 0 Å². The first-order valence-electron chi connectivity index (χ1n) is 8.43. The number of nitrogens with one attached hydrogen (secondary N) is 2. The summed E-state index contributed by atoms with van der Waals surface area (Å²) in [7, 11) is 1.82. The average Bonchev–Trinajstić information content (AvgIpc) is 3.30. The number of hydrogen-bond donors (Lipinski definition) is 2. The van der Waals surface area contributed by atoms with Gasteiger partial charge in [-0.05, 0) is 29.7 Å². The minimum absolute atomic E-state index is 0.728. The van der Waals surface area contributed by atoms with Gasteiger partial charge in [0.1, 0.15) is 0 Å². The fourth-order valence-electron chi connectivity index (χ4n) is 2.78. The number of nitrogens with zero attached hydrogens (tertiary/aromatic N) is 3. The van der Waals surface area contributed by atoms with E-state index in [1.54, 1.807) is 6.20 Å². The molecule has 0 bridgehead atoms. The summed E-state index contributed by atoms with van der Waals surface area (Å²) in [6.07, 6.45) is 8.28. The molecule has 2 heterocycles. The third kappa shape index (κ3) is 5.03. The van der Waals surface area contributed by atoms with E-state index in [4.69, 9.17) is 0 Å². The van der Waals surface area contributed by atoms with Gasteiger partial charge in [-0.15, -0.1) is 0 Å². The molecular formula is C18H25N5S. The van der Waals surface area contributed by atoms with Gasteiger partial charge in [0, 0.05) is 44.3 Å². The van der Waals surface area contributed by atoms with Crippen LogP contribution in [0.3, 0.4) is 0 Å². The lowest BCUT2D eigenvalue weighted by Crippen LogP contribution is -2.39. The third-order valence-corrected chi connectivity index (χ3v) is 5.55. The molecule has 1 aliphatic heterocycles. The van der Waals surface area contributed by atoms with Crippen molar-refractivity contribution >= 4 is 17.7 Å². The number of hydrogen-bond acceptors (Lipinski definition) is 3. The zero-order chi connectivity index (χ0) is 16.6.